The van der Waals surface area contributed by atoms with Gasteiger partial charge >= 0.3 is 0 Å². The van der Waals surface area contributed by atoms with E-state index in [2.05, 4.69) is 51.3 Å². The van der Waals surface area contributed by atoms with E-state index in [-0.39, 0.29) is 11.9 Å². The van der Waals surface area contributed by atoms with Crippen molar-refractivity contribution in [3.8, 4) is 0 Å². The molecule has 0 aliphatic rings. The maximum atomic E-state index is 11.7. The number of carbonyl (C=O) groups is 1. The predicted molar refractivity (Wildman–Crippen MR) is 82.7 cm³/mol. The number of aryl methyl sites for hydroxylation is 2. The zero-order valence-corrected chi connectivity index (χ0v) is 13.5. The highest BCUT2D eigenvalue weighted by Crippen LogP contribution is 2.25. The average molecular weight is 282 g/mol. The summed E-state index contributed by atoms with van der Waals surface area (Å²) in [4.78, 5) is 14.3. The zero-order chi connectivity index (χ0) is 14.4. The second kappa shape index (κ2) is 7.65. The quantitative estimate of drug-likeness (QED) is 0.806. The third-order valence-electron chi connectivity index (χ3n) is 3.16. The fourth-order valence-electron chi connectivity index (χ4n) is 2.00. The van der Waals surface area contributed by atoms with Gasteiger partial charge in [-0.25, -0.2) is 0 Å². The Balaban J connectivity index is 2.32. The van der Waals surface area contributed by atoms with Gasteiger partial charge < -0.3 is 10.6 Å². The summed E-state index contributed by atoms with van der Waals surface area (Å²) in [5, 5.41) is 6.23. The molecule has 0 spiro atoms. The van der Waals surface area contributed by atoms with Gasteiger partial charge in [0.25, 0.3) is 0 Å². The van der Waals surface area contributed by atoms with Crippen LogP contribution in [0.5, 0.6) is 0 Å². The maximum Gasteiger partial charge on any atom is 0.233 e. The van der Waals surface area contributed by atoms with Gasteiger partial charge in [0.1, 0.15) is 0 Å². The molecule has 0 saturated heterocycles. The van der Waals surface area contributed by atoms with E-state index in [1.807, 2.05) is 11.3 Å². The van der Waals surface area contributed by atoms with Crippen molar-refractivity contribution in [1.29, 1.82) is 0 Å². The first-order chi connectivity index (χ1) is 8.90. The van der Waals surface area contributed by atoms with Crippen LogP contribution in [0, 0.1) is 19.8 Å². The predicted octanol–water partition coefficient (Wildman–Crippen LogP) is 3.18. The molecule has 19 heavy (non-hydrogen) atoms. The molecule has 4 heteroatoms. The van der Waals surface area contributed by atoms with Crippen LogP contribution in [0.2, 0.25) is 0 Å². The summed E-state index contributed by atoms with van der Waals surface area (Å²) in [5.74, 6) is 0.709. The molecule has 1 heterocycles. The van der Waals surface area contributed by atoms with Crippen molar-refractivity contribution < 1.29 is 4.79 Å². The Morgan fingerprint density at radius 2 is 2.00 bits per heavy atom. The molecule has 1 aromatic heterocycles. The fourth-order valence-corrected chi connectivity index (χ4v) is 3.02. The molecule has 1 rings (SSSR count). The largest absolute Gasteiger partial charge is 0.355 e. The molecule has 2 N–H and O–H groups in total. The van der Waals surface area contributed by atoms with Gasteiger partial charge in [0.15, 0.2) is 0 Å². The van der Waals surface area contributed by atoms with Crippen LogP contribution < -0.4 is 10.6 Å². The Kier molecular flexibility index (Phi) is 6.52. The van der Waals surface area contributed by atoms with Gasteiger partial charge in [0, 0.05) is 22.3 Å². The lowest BCUT2D eigenvalue weighted by Crippen LogP contribution is -2.35. The summed E-state index contributed by atoms with van der Waals surface area (Å²) < 4.78 is 0. The Morgan fingerprint density at radius 1 is 1.32 bits per heavy atom. The number of hydrogen-bond donors (Lipinski definition) is 2. The molecule has 0 saturated carbocycles. The zero-order valence-electron chi connectivity index (χ0n) is 12.7. The van der Waals surface area contributed by atoms with Gasteiger partial charge in [0.2, 0.25) is 5.91 Å². The lowest BCUT2D eigenvalue weighted by Gasteiger charge is -2.14. The van der Waals surface area contributed by atoms with Crippen molar-refractivity contribution in [3.05, 3.63) is 21.4 Å². The summed E-state index contributed by atoms with van der Waals surface area (Å²) >= 11 is 1.81. The smallest absolute Gasteiger partial charge is 0.233 e. The van der Waals surface area contributed by atoms with Crippen molar-refractivity contribution in [1.82, 2.24) is 10.6 Å². The van der Waals surface area contributed by atoms with Gasteiger partial charge in [0.05, 0.1) is 6.54 Å². The van der Waals surface area contributed by atoms with Crippen LogP contribution in [0.3, 0.4) is 0 Å². The minimum absolute atomic E-state index is 0.0807. The van der Waals surface area contributed by atoms with Crippen LogP contribution >= 0.6 is 11.3 Å². The highest BCUT2D eigenvalue weighted by Gasteiger charge is 2.12. The molecule has 1 aromatic rings. The molecular weight excluding hydrogens is 256 g/mol. The summed E-state index contributed by atoms with van der Waals surface area (Å²) in [7, 11) is 0. The minimum Gasteiger partial charge on any atom is -0.355 e. The molecule has 1 amide bonds. The van der Waals surface area contributed by atoms with E-state index in [1.165, 1.54) is 15.3 Å². The molecule has 108 valence electrons. The van der Waals surface area contributed by atoms with Crippen LogP contribution in [0.4, 0.5) is 0 Å². The SMILES string of the molecule is Cc1cc(C(C)NCC(=O)NCCC(C)C)c(C)s1. The standard InChI is InChI=1S/C15H26N2OS/c1-10(2)6-7-16-15(18)9-17-12(4)14-8-11(3)19-13(14)5/h8,10,12,17H,6-7,9H2,1-5H3,(H,16,18). The summed E-state index contributed by atoms with van der Waals surface area (Å²) in [6, 6.07) is 2.43. The van der Waals surface area contributed by atoms with Crippen molar-refractivity contribution in [2.24, 2.45) is 5.92 Å². The minimum atomic E-state index is 0.0807. The van der Waals surface area contributed by atoms with Gasteiger partial charge in [-0.2, -0.15) is 0 Å². The first-order valence-electron chi connectivity index (χ1n) is 6.97. The Morgan fingerprint density at radius 3 is 2.53 bits per heavy atom. The third-order valence-corrected chi connectivity index (χ3v) is 4.14. The molecule has 0 aliphatic heterocycles. The lowest BCUT2D eigenvalue weighted by atomic mass is 10.1. The molecule has 0 bridgehead atoms. The van der Waals surface area contributed by atoms with E-state index in [0.717, 1.165) is 13.0 Å². The maximum absolute atomic E-state index is 11.7. The van der Waals surface area contributed by atoms with Crippen LogP contribution in [-0.2, 0) is 4.79 Å². The van der Waals surface area contributed by atoms with Crippen LogP contribution in [-0.4, -0.2) is 19.0 Å². The van der Waals surface area contributed by atoms with E-state index in [4.69, 9.17) is 0 Å². The summed E-state index contributed by atoms with van der Waals surface area (Å²) in [6.45, 7) is 11.8. The molecule has 1 unspecified atom stereocenters. The van der Waals surface area contributed by atoms with Crippen molar-refractivity contribution in [2.75, 3.05) is 13.1 Å². The van der Waals surface area contributed by atoms with Gasteiger partial charge in [-0.3, -0.25) is 4.79 Å². The van der Waals surface area contributed by atoms with Gasteiger partial charge in [-0.15, -0.1) is 11.3 Å². The second-order valence-corrected chi connectivity index (χ2v) is 6.96. The molecule has 0 radical (unpaired) electrons. The van der Waals surface area contributed by atoms with Crippen LogP contribution in [0.1, 0.15) is 48.6 Å². The molecule has 0 fully saturated rings. The normalized spacial score (nSPS) is 12.7. The number of amides is 1. The number of hydrogen-bond acceptors (Lipinski definition) is 3. The number of carbonyl (C=O) groups excluding carboxylic acids is 1. The highest BCUT2D eigenvalue weighted by molar-refractivity contribution is 7.12. The number of rotatable bonds is 7. The molecule has 1 atom stereocenters. The number of thiophene rings is 1. The van der Waals surface area contributed by atoms with E-state index in [0.29, 0.717) is 12.5 Å². The van der Waals surface area contributed by atoms with Gasteiger partial charge in [-0.1, -0.05) is 13.8 Å². The van der Waals surface area contributed by atoms with Gasteiger partial charge in [-0.05, 0) is 44.7 Å². The first-order valence-corrected chi connectivity index (χ1v) is 7.78. The van der Waals surface area contributed by atoms with Crippen LogP contribution in [0.25, 0.3) is 0 Å². The van der Waals surface area contributed by atoms with Crippen LogP contribution in [0.15, 0.2) is 6.07 Å². The Labute approximate surface area is 120 Å². The average Bonchev–Trinajstić information content (AvgIpc) is 2.65. The van der Waals surface area contributed by atoms with E-state index in [9.17, 15) is 4.79 Å². The second-order valence-electron chi connectivity index (χ2n) is 5.50. The Hall–Kier alpha value is -0.870. The highest BCUT2D eigenvalue weighted by atomic mass is 32.1. The summed E-state index contributed by atoms with van der Waals surface area (Å²) in [5.41, 5.74) is 1.30. The topological polar surface area (TPSA) is 41.1 Å². The summed E-state index contributed by atoms with van der Waals surface area (Å²) in [6.07, 6.45) is 1.03. The van der Waals surface area contributed by atoms with Crippen molar-refractivity contribution in [3.63, 3.8) is 0 Å². The van der Waals surface area contributed by atoms with E-state index < -0.39 is 0 Å². The molecule has 0 aliphatic carbocycles. The molecule has 0 aromatic carbocycles. The van der Waals surface area contributed by atoms with E-state index in [1.54, 1.807) is 0 Å². The first kappa shape index (κ1) is 16.2. The lowest BCUT2D eigenvalue weighted by molar-refractivity contribution is -0.120. The third kappa shape index (κ3) is 5.74. The molecular formula is C15H26N2OS. The van der Waals surface area contributed by atoms with Crippen molar-refractivity contribution in [2.45, 2.75) is 47.1 Å². The number of nitrogens with one attached hydrogen (secondary N) is 2. The van der Waals surface area contributed by atoms with Crippen molar-refractivity contribution >= 4 is 17.2 Å². The Bertz CT molecular complexity index is 412. The van der Waals surface area contributed by atoms with E-state index >= 15 is 0 Å². The monoisotopic (exact) mass is 282 g/mol. The fraction of sp³-hybridized carbons (Fsp3) is 0.667. The molecule has 3 nitrogen and oxygen atoms in total.